The van der Waals surface area contributed by atoms with Crippen molar-refractivity contribution in [1.82, 2.24) is 15.0 Å². The van der Waals surface area contributed by atoms with Crippen LogP contribution in [0.25, 0.3) is 78.0 Å². The number of rotatable bonds is 7. The van der Waals surface area contributed by atoms with Crippen molar-refractivity contribution in [1.29, 1.82) is 0 Å². The summed E-state index contributed by atoms with van der Waals surface area (Å²) in [6.07, 6.45) is 0. The SMILES string of the molecule is c1ccc(-c2ccc(N(c3ccccc3)c3ccc4c5c(cccc35)-c3cccc(-c5nc(-c6ccccc6)nc(-c6ccc7ccccc7c6)n5)c3O4)cc2)cc1. The zero-order valence-corrected chi connectivity index (χ0v) is 31.3. The quantitative estimate of drug-likeness (QED) is 0.163. The molecule has 0 spiro atoms. The van der Waals surface area contributed by atoms with Gasteiger partial charge in [-0.2, -0.15) is 0 Å². The number of benzene rings is 9. The van der Waals surface area contributed by atoms with Gasteiger partial charge in [0.05, 0.1) is 11.3 Å². The number of nitrogens with zero attached hydrogens (tertiary/aromatic N) is 4. The second kappa shape index (κ2) is 14.0. The lowest BCUT2D eigenvalue weighted by atomic mass is 9.92. The van der Waals surface area contributed by atoms with Crippen LogP contribution in [0, 0.1) is 0 Å². The van der Waals surface area contributed by atoms with Gasteiger partial charge in [0.15, 0.2) is 17.5 Å². The minimum absolute atomic E-state index is 0.551. The van der Waals surface area contributed by atoms with Gasteiger partial charge in [-0.05, 0) is 76.0 Å². The zero-order valence-electron chi connectivity index (χ0n) is 31.3. The fourth-order valence-electron chi connectivity index (χ4n) is 8.12. The van der Waals surface area contributed by atoms with E-state index in [1.807, 2.05) is 42.5 Å². The number of hydrogen-bond acceptors (Lipinski definition) is 5. The standard InChI is InChI=1S/C53H34N4O/c1-4-14-35(15-5-1)37-28-30-42(31-29-37)57(41-20-8-3-9-21-41)47-32-33-48-49-43(22-12-24-45(47)49)44-23-13-25-46(50(44)58-48)53-55-51(38-17-6-2-7-18-38)54-52(56-53)40-27-26-36-16-10-11-19-39(36)34-40/h1-34H. The molecule has 5 heteroatoms. The molecule has 10 aromatic rings. The highest BCUT2D eigenvalue weighted by Crippen LogP contribution is 2.52. The Morgan fingerprint density at radius 3 is 1.71 bits per heavy atom. The Morgan fingerprint density at radius 2 is 0.931 bits per heavy atom. The Labute approximate surface area is 336 Å². The maximum absolute atomic E-state index is 6.98. The van der Waals surface area contributed by atoms with Crippen molar-refractivity contribution in [2.24, 2.45) is 0 Å². The summed E-state index contributed by atoms with van der Waals surface area (Å²) in [5, 5.41) is 4.44. The van der Waals surface area contributed by atoms with Gasteiger partial charge in [-0.15, -0.1) is 0 Å². The van der Waals surface area contributed by atoms with E-state index in [2.05, 4.69) is 169 Å². The van der Waals surface area contributed by atoms with Gasteiger partial charge in [-0.25, -0.2) is 15.0 Å². The molecule has 1 aliphatic rings. The van der Waals surface area contributed by atoms with Gasteiger partial charge in [0, 0.05) is 38.8 Å². The molecule has 0 atom stereocenters. The van der Waals surface area contributed by atoms with Crippen LogP contribution in [0.1, 0.15) is 0 Å². The van der Waals surface area contributed by atoms with Crippen molar-refractivity contribution < 1.29 is 4.74 Å². The smallest absolute Gasteiger partial charge is 0.167 e. The molecule has 0 aliphatic carbocycles. The molecular weight excluding hydrogens is 709 g/mol. The summed E-state index contributed by atoms with van der Waals surface area (Å²) in [4.78, 5) is 17.6. The number of hydrogen-bond donors (Lipinski definition) is 0. The second-order valence-corrected chi connectivity index (χ2v) is 14.4. The van der Waals surface area contributed by atoms with Crippen LogP contribution in [0.5, 0.6) is 11.5 Å². The van der Waals surface area contributed by atoms with E-state index in [0.717, 1.165) is 77.9 Å². The molecule has 0 radical (unpaired) electrons. The topological polar surface area (TPSA) is 51.1 Å². The van der Waals surface area contributed by atoms with E-state index >= 15 is 0 Å². The van der Waals surface area contributed by atoms with Crippen LogP contribution in [0.15, 0.2) is 206 Å². The third kappa shape index (κ3) is 5.85. The Morgan fingerprint density at radius 1 is 0.362 bits per heavy atom. The van der Waals surface area contributed by atoms with Gasteiger partial charge in [0.25, 0.3) is 0 Å². The summed E-state index contributed by atoms with van der Waals surface area (Å²) in [6.45, 7) is 0. The molecule has 0 unspecified atom stereocenters. The molecular formula is C53H34N4O. The number of anilines is 3. The second-order valence-electron chi connectivity index (χ2n) is 14.4. The average molecular weight is 743 g/mol. The lowest BCUT2D eigenvalue weighted by molar-refractivity contribution is 0.488. The number of ether oxygens (including phenoxy) is 1. The van der Waals surface area contributed by atoms with E-state index < -0.39 is 0 Å². The summed E-state index contributed by atoms with van der Waals surface area (Å²) in [5.74, 6) is 3.27. The van der Waals surface area contributed by atoms with Gasteiger partial charge in [0.1, 0.15) is 11.5 Å². The van der Waals surface area contributed by atoms with Crippen LogP contribution in [-0.2, 0) is 0 Å². The molecule has 0 amide bonds. The molecule has 0 saturated carbocycles. The molecule has 0 fully saturated rings. The summed E-state index contributed by atoms with van der Waals surface area (Å²) >= 11 is 0. The predicted molar refractivity (Wildman–Crippen MR) is 237 cm³/mol. The van der Waals surface area contributed by atoms with Crippen molar-refractivity contribution in [2.75, 3.05) is 4.90 Å². The first-order chi connectivity index (χ1) is 28.7. The first-order valence-electron chi connectivity index (χ1n) is 19.4. The fraction of sp³-hybridized carbons (Fsp3) is 0. The Bertz CT molecular complexity index is 3130. The number of para-hydroxylation sites is 2. The molecule has 11 rings (SSSR count). The Balaban J connectivity index is 1.05. The van der Waals surface area contributed by atoms with Crippen LogP contribution in [0.2, 0.25) is 0 Å². The molecule has 1 aromatic heterocycles. The fourth-order valence-corrected chi connectivity index (χ4v) is 8.12. The summed E-state index contributed by atoms with van der Waals surface area (Å²) in [6, 6.07) is 71.6. The Kier molecular flexibility index (Phi) is 8.07. The molecule has 5 nitrogen and oxygen atoms in total. The lowest BCUT2D eigenvalue weighted by Crippen LogP contribution is -2.11. The van der Waals surface area contributed by atoms with E-state index in [9.17, 15) is 0 Å². The van der Waals surface area contributed by atoms with E-state index in [1.54, 1.807) is 0 Å². The van der Waals surface area contributed by atoms with Gasteiger partial charge in [0.2, 0.25) is 0 Å². The summed E-state index contributed by atoms with van der Waals surface area (Å²) in [7, 11) is 0. The molecule has 58 heavy (non-hydrogen) atoms. The van der Waals surface area contributed by atoms with Gasteiger partial charge in [-0.3, -0.25) is 0 Å². The van der Waals surface area contributed by atoms with Crippen molar-refractivity contribution in [3.63, 3.8) is 0 Å². The first kappa shape index (κ1) is 33.4. The van der Waals surface area contributed by atoms with E-state index in [1.165, 1.54) is 11.1 Å². The van der Waals surface area contributed by atoms with Crippen LogP contribution < -0.4 is 9.64 Å². The normalized spacial score (nSPS) is 11.6. The minimum atomic E-state index is 0.551. The number of aromatic nitrogens is 3. The molecule has 1 aliphatic heterocycles. The van der Waals surface area contributed by atoms with E-state index in [-0.39, 0.29) is 0 Å². The predicted octanol–water partition coefficient (Wildman–Crippen LogP) is 14.1. The lowest BCUT2D eigenvalue weighted by Gasteiger charge is -2.29. The molecule has 0 N–H and O–H groups in total. The third-order valence-corrected chi connectivity index (χ3v) is 10.9. The summed E-state index contributed by atoms with van der Waals surface area (Å²) < 4.78 is 6.98. The third-order valence-electron chi connectivity index (χ3n) is 10.9. The van der Waals surface area contributed by atoms with Gasteiger partial charge < -0.3 is 9.64 Å². The largest absolute Gasteiger partial charge is 0.455 e. The number of fused-ring (bicyclic) bond motifs is 3. The van der Waals surface area contributed by atoms with Crippen molar-refractivity contribution in [3.8, 4) is 67.9 Å². The van der Waals surface area contributed by atoms with Crippen LogP contribution in [0.4, 0.5) is 17.1 Å². The molecule has 0 saturated heterocycles. The molecule has 9 aromatic carbocycles. The van der Waals surface area contributed by atoms with Crippen molar-refractivity contribution in [2.45, 2.75) is 0 Å². The minimum Gasteiger partial charge on any atom is -0.455 e. The van der Waals surface area contributed by atoms with Gasteiger partial charge >= 0.3 is 0 Å². The Hall–Kier alpha value is -7.89. The van der Waals surface area contributed by atoms with Crippen LogP contribution >= 0.6 is 0 Å². The average Bonchev–Trinajstić information content (AvgIpc) is 3.30. The monoisotopic (exact) mass is 742 g/mol. The molecule has 272 valence electrons. The highest BCUT2D eigenvalue weighted by atomic mass is 16.5. The zero-order chi connectivity index (χ0) is 38.4. The van der Waals surface area contributed by atoms with Crippen molar-refractivity contribution >= 4 is 38.6 Å². The highest BCUT2D eigenvalue weighted by Gasteiger charge is 2.27. The maximum atomic E-state index is 6.98. The van der Waals surface area contributed by atoms with Gasteiger partial charge in [-0.1, -0.05) is 158 Å². The first-order valence-corrected chi connectivity index (χ1v) is 19.4. The van der Waals surface area contributed by atoms with E-state index in [4.69, 9.17) is 19.7 Å². The van der Waals surface area contributed by atoms with Crippen LogP contribution in [0.3, 0.4) is 0 Å². The molecule has 2 heterocycles. The summed E-state index contributed by atoms with van der Waals surface area (Å²) in [5.41, 5.74) is 10.3. The van der Waals surface area contributed by atoms with Crippen LogP contribution in [-0.4, -0.2) is 15.0 Å². The molecule has 0 bridgehead atoms. The highest BCUT2D eigenvalue weighted by molar-refractivity contribution is 6.11. The van der Waals surface area contributed by atoms with E-state index in [0.29, 0.717) is 17.5 Å². The van der Waals surface area contributed by atoms with Crippen molar-refractivity contribution in [3.05, 3.63) is 206 Å². The maximum Gasteiger partial charge on any atom is 0.167 e.